The van der Waals surface area contributed by atoms with Crippen LogP contribution in [0, 0.1) is 0 Å². The van der Waals surface area contributed by atoms with Crippen LogP contribution >= 0.6 is 11.6 Å². The lowest BCUT2D eigenvalue weighted by Gasteiger charge is -1.99. The van der Waals surface area contributed by atoms with Gasteiger partial charge in [0, 0.05) is 17.9 Å². The molecule has 4 nitrogen and oxygen atoms in total. The first-order valence-corrected chi connectivity index (χ1v) is 6.70. The van der Waals surface area contributed by atoms with Crippen LogP contribution in [0.1, 0.15) is 42.5 Å². The van der Waals surface area contributed by atoms with Gasteiger partial charge >= 0.3 is 0 Å². The summed E-state index contributed by atoms with van der Waals surface area (Å²) in [5.74, 6) is 1.06. The van der Waals surface area contributed by atoms with E-state index in [9.17, 15) is 4.79 Å². The Bertz CT molecular complexity index is 609. The molecule has 0 bridgehead atoms. The van der Waals surface area contributed by atoms with E-state index in [-0.39, 0.29) is 11.7 Å². The molecule has 1 fully saturated rings. The van der Waals surface area contributed by atoms with Gasteiger partial charge < -0.3 is 4.52 Å². The number of carbonyl (C=O) groups is 1. The number of halogens is 1. The van der Waals surface area contributed by atoms with E-state index >= 15 is 0 Å². The van der Waals surface area contributed by atoms with Gasteiger partial charge in [-0.25, -0.2) is 0 Å². The van der Waals surface area contributed by atoms with Crippen molar-refractivity contribution in [2.24, 2.45) is 0 Å². The monoisotopic (exact) mass is 276 g/mol. The van der Waals surface area contributed by atoms with E-state index in [1.807, 2.05) is 24.3 Å². The minimum absolute atomic E-state index is 0.194. The average Bonchev–Trinajstić information content (AvgIpc) is 2.98. The van der Waals surface area contributed by atoms with Crippen molar-refractivity contribution < 1.29 is 9.32 Å². The third kappa shape index (κ3) is 2.68. The quantitative estimate of drug-likeness (QED) is 0.864. The van der Waals surface area contributed by atoms with Gasteiger partial charge in [0.1, 0.15) is 5.78 Å². The number of hydrogen-bond acceptors (Lipinski definition) is 4. The van der Waals surface area contributed by atoms with E-state index in [2.05, 4.69) is 10.1 Å². The fourth-order valence-corrected chi connectivity index (χ4v) is 2.60. The second-order valence-electron chi connectivity index (χ2n) is 4.77. The number of carbonyl (C=O) groups excluding carboxylic acids is 1. The van der Waals surface area contributed by atoms with E-state index < -0.39 is 0 Å². The van der Waals surface area contributed by atoms with E-state index in [1.54, 1.807) is 0 Å². The first-order chi connectivity index (χ1) is 9.22. The maximum atomic E-state index is 11.6. The molecule has 0 radical (unpaired) electrons. The summed E-state index contributed by atoms with van der Waals surface area (Å²) in [6, 6.07) is 7.55. The van der Waals surface area contributed by atoms with Gasteiger partial charge in [0.25, 0.3) is 0 Å². The Labute approximate surface area is 115 Å². The predicted molar refractivity (Wildman–Crippen MR) is 70.2 cm³/mol. The highest BCUT2D eigenvalue weighted by Gasteiger charge is 2.30. The summed E-state index contributed by atoms with van der Waals surface area (Å²) in [5.41, 5.74) is 1.03. The molecule has 0 amide bonds. The molecule has 0 saturated heterocycles. The fraction of sp³-hybridized carbons (Fsp3) is 0.357. The SMILES string of the molecule is O=C1CCCC1c1nc(Cc2cccc(Cl)c2)no1. The van der Waals surface area contributed by atoms with Crippen molar-refractivity contribution in [2.45, 2.75) is 31.6 Å². The van der Waals surface area contributed by atoms with Crippen molar-refractivity contribution in [3.63, 3.8) is 0 Å². The Kier molecular flexibility index (Phi) is 3.34. The number of benzene rings is 1. The Balaban J connectivity index is 1.76. The van der Waals surface area contributed by atoms with Gasteiger partial charge in [-0.15, -0.1) is 0 Å². The second kappa shape index (κ2) is 5.13. The Hall–Kier alpha value is -1.68. The Morgan fingerprint density at radius 1 is 1.42 bits per heavy atom. The first kappa shape index (κ1) is 12.4. The molecule has 1 aliphatic carbocycles. The van der Waals surface area contributed by atoms with Crippen LogP contribution in [0.5, 0.6) is 0 Å². The zero-order chi connectivity index (χ0) is 13.2. The zero-order valence-corrected chi connectivity index (χ0v) is 11.1. The van der Waals surface area contributed by atoms with Crippen molar-refractivity contribution in [3.8, 4) is 0 Å². The normalized spacial score (nSPS) is 19.0. The molecule has 19 heavy (non-hydrogen) atoms. The zero-order valence-electron chi connectivity index (χ0n) is 10.3. The predicted octanol–water partition coefficient (Wildman–Crippen LogP) is 3.15. The molecule has 1 atom stereocenters. The van der Waals surface area contributed by atoms with Crippen molar-refractivity contribution in [2.75, 3.05) is 0 Å². The lowest BCUT2D eigenvalue weighted by atomic mass is 10.1. The second-order valence-corrected chi connectivity index (χ2v) is 5.20. The highest BCUT2D eigenvalue weighted by atomic mass is 35.5. The highest BCUT2D eigenvalue weighted by molar-refractivity contribution is 6.30. The summed E-state index contributed by atoms with van der Waals surface area (Å²) in [7, 11) is 0. The molecule has 1 heterocycles. The summed E-state index contributed by atoms with van der Waals surface area (Å²) in [4.78, 5) is 16.0. The molecule has 3 rings (SSSR count). The number of hydrogen-bond donors (Lipinski definition) is 0. The highest BCUT2D eigenvalue weighted by Crippen LogP contribution is 2.30. The number of Topliss-reactive ketones (excluding diaryl/α,β-unsaturated/α-hetero) is 1. The molecule has 1 aliphatic rings. The minimum atomic E-state index is -0.194. The molecular weight excluding hydrogens is 264 g/mol. The van der Waals surface area contributed by atoms with Gasteiger partial charge in [-0.1, -0.05) is 28.9 Å². The van der Waals surface area contributed by atoms with Crippen LogP contribution in [0.4, 0.5) is 0 Å². The van der Waals surface area contributed by atoms with Crippen LogP contribution < -0.4 is 0 Å². The Morgan fingerprint density at radius 3 is 3.05 bits per heavy atom. The third-order valence-corrected chi connectivity index (χ3v) is 3.57. The Morgan fingerprint density at radius 2 is 2.32 bits per heavy atom. The van der Waals surface area contributed by atoms with Crippen LogP contribution in [0.2, 0.25) is 5.02 Å². The van der Waals surface area contributed by atoms with Crippen LogP contribution in [0.25, 0.3) is 0 Å². The molecule has 98 valence electrons. The third-order valence-electron chi connectivity index (χ3n) is 3.34. The van der Waals surface area contributed by atoms with E-state index in [4.69, 9.17) is 16.1 Å². The summed E-state index contributed by atoms with van der Waals surface area (Å²) in [5, 5.41) is 4.63. The van der Waals surface area contributed by atoms with Crippen molar-refractivity contribution in [1.29, 1.82) is 0 Å². The summed E-state index contributed by atoms with van der Waals surface area (Å²) >= 11 is 5.93. The van der Waals surface area contributed by atoms with E-state index in [1.165, 1.54) is 0 Å². The summed E-state index contributed by atoms with van der Waals surface area (Å²) in [6.07, 6.45) is 2.91. The fourth-order valence-electron chi connectivity index (χ4n) is 2.39. The molecule has 1 aromatic heterocycles. The van der Waals surface area contributed by atoms with Gasteiger partial charge in [-0.3, -0.25) is 4.79 Å². The average molecular weight is 277 g/mol. The van der Waals surface area contributed by atoms with Crippen molar-refractivity contribution >= 4 is 17.4 Å². The topological polar surface area (TPSA) is 56.0 Å². The molecule has 1 saturated carbocycles. The standard InChI is InChI=1S/C14H13ClN2O2/c15-10-4-1-3-9(7-10)8-13-16-14(19-17-13)11-5-2-6-12(11)18/h1,3-4,7,11H,2,5-6,8H2. The first-order valence-electron chi connectivity index (χ1n) is 6.32. The van der Waals surface area contributed by atoms with Gasteiger partial charge in [-0.05, 0) is 30.5 Å². The van der Waals surface area contributed by atoms with Crippen molar-refractivity contribution in [1.82, 2.24) is 10.1 Å². The van der Waals surface area contributed by atoms with Gasteiger partial charge in [0.15, 0.2) is 5.82 Å². The van der Waals surface area contributed by atoms with Crippen LogP contribution in [-0.4, -0.2) is 15.9 Å². The van der Waals surface area contributed by atoms with Gasteiger partial charge in [0.2, 0.25) is 5.89 Å². The maximum absolute atomic E-state index is 11.6. The molecule has 1 unspecified atom stereocenters. The lowest BCUT2D eigenvalue weighted by molar-refractivity contribution is -0.119. The number of nitrogens with zero attached hydrogens (tertiary/aromatic N) is 2. The van der Waals surface area contributed by atoms with Crippen LogP contribution in [0.15, 0.2) is 28.8 Å². The molecule has 1 aromatic carbocycles. The van der Waals surface area contributed by atoms with Gasteiger partial charge in [0.05, 0.1) is 5.92 Å². The molecule has 0 N–H and O–H groups in total. The van der Waals surface area contributed by atoms with Crippen LogP contribution in [-0.2, 0) is 11.2 Å². The number of aromatic nitrogens is 2. The molecule has 0 aliphatic heterocycles. The van der Waals surface area contributed by atoms with Crippen molar-refractivity contribution in [3.05, 3.63) is 46.6 Å². The largest absolute Gasteiger partial charge is 0.339 e. The number of ketones is 1. The molecular formula is C14H13ClN2O2. The molecule has 0 spiro atoms. The summed E-state index contributed by atoms with van der Waals surface area (Å²) < 4.78 is 5.21. The van der Waals surface area contributed by atoms with E-state index in [0.717, 1.165) is 18.4 Å². The van der Waals surface area contributed by atoms with E-state index in [0.29, 0.717) is 29.6 Å². The molecule has 2 aromatic rings. The summed E-state index contributed by atoms with van der Waals surface area (Å²) in [6.45, 7) is 0. The van der Waals surface area contributed by atoms with Gasteiger partial charge in [-0.2, -0.15) is 4.98 Å². The lowest BCUT2D eigenvalue weighted by Crippen LogP contribution is -2.04. The number of rotatable bonds is 3. The smallest absolute Gasteiger partial charge is 0.237 e. The van der Waals surface area contributed by atoms with Crippen LogP contribution in [0.3, 0.4) is 0 Å². The maximum Gasteiger partial charge on any atom is 0.237 e. The molecule has 5 heteroatoms. The minimum Gasteiger partial charge on any atom is -0.339 e.